The largest absolute Gasteiger partial charge is 0.339 e. The van der Waals surface area contributed by atoms with Crippen LogP contribution in [0.4, 0.5) is 5.95 Å². The Labute approximate surface area is 124 Å². The summed E-state index contributed by atoms with van der Waals surface area (Å²) in [7, 11) is -3.18. The quantitative estimate of drug-likeness (QED) is 0.745. The third kappa shape index (κ3) is 3.41. The van der Waals surface area contributed by atoms with Crippen molar-refractivity contribution < 1.29 is 8.42 Å². The van der Waals surface area contributed by atoms with E-state index in [-0.39, 0.29) is 0 Å². The van der Waals surface area contributed by atoms with Gasteiger partial charge in [0.25, 0.3) is 0 Å². The van der Waals surface area contributed by atoms with E-state index < -0.39 is 10.0 Å². The molecular formula is C12H20N6O2S. The number of hydrogen-bond acceptors (Lipinski definition) is 6. The van der Waals surface area contributed by atoms with Crippen LogP contribution in [-0.2, 0) is 16.6 Å². The van der Waals surface area contributed by atoms with Crippen molar-refractivity contribution in [3.8, 4) is 0 Å². The van der Waals surface area contributed by atoms with Crippen LogP contribution in [0.3, 0.4) is 0 Å². The molecule has 116 valence electrons. The average Bonchev–Trinajstić information content (AvgIpc) is 3.02. The molecule has 0 unspecified atom stereocenters. The zero-order valence-corrected chi connectivity index (χ0v) is 12.8. The topological polar surface area (TPSA) is 93.0 Å². The molecule has 3 rings (SSSR count). The van der Waals surface area contributed by atoms with Gasteiger partial charge in [-0.05, 0) is 35.1 Å². The fraction of sp³-hybridized carbons (Fsp3) is 0.750. The summed E-state index contributed by atoms with van der Waals surface area (Å²) >= 11 is 0. The Hall–Kier alpha value is -1.48. The zero-order valence-electron chi connectivity index (χ0n) is 12.0. The Morgan fingerprint density at radius 2 is 1.95 bits per heavy atom. The molecule has 2 atom stereocenters. The van der Waals surface area contributed by atoms with E-state index in [0.717, 1.165) is 38.1 Å². The molecule has 1 aliphatic heterocycles. The molecule has 0 bridgehead atoms. The van der Waals surface area contributed by atoms with Crippen molar-refractivity contribution in [3.63, 3.8) is 0 Å². The number of fused-ring (bicyclic) bond motifs is 1. The van der Waals surface area contributed by atoms with Gasteiger partial charge in [0.1, 0.15) is 0 Å². The van der Waals surface area contributed by atoms with E-state index in [4.69, 9.17) is 0 Å². The highest BCUT2D eigenvalue weighted by Crippen LogP contribution is 2.34. The SMILES string of the molecule is CS(=O)(=O)NCCn1nnnc1N1C[C@H]2CC=CC[C@H]2C1. The Bertz CT molecular complexity index is 609. The van der Waals surface area contributed by atoms with Gasteiger partial charge in [0.05, 0.1) is 12.8 Å². The number of allylic oxidation sites excluding steroid dienone is 2. The van der Waals surface area contributed by atoms with Crippen LogP contribution in [0.15, 0.2) is 12.2 Å². The smallest absolute Gasteiger partial charge is 0.245 e. The minimum atomic E-state index is -3.18. The number of anilines is 1. The summed E-state index contributed by atoms with van der Waals surface area (Å²) in [5.41, 5.74) is 0. The van der Waals surface area contributed by atoms with Crippen LogP contribution in [-0.4, -0.2) is 54.5 Å². The molecule has 0 aromatic carbocycles. The Balaban J connectivity index is 1.63. The van der Waals surface area contributed by atoms with Crippen molar-refractivity contribution in [1.29, 1.82) is 0 Å². The fourth-order valence-corrected chi connectivity index (χ4v) is 3.55. The Morgan fingerprint density at radius 1 is 1.29 bits per heavy atom. The second-order valence-corrected chi connectivity index (χ2v) is 7.57. The van der Waals surface area contributed by atoms with Crippen LogP contribution < -0.4 is 9.62 Å². The molecule has 0 amide bonds. The second kappa shape index (κ2) is 5.72. The predicted molar refractivity (Wildman–Crippen MR) is 78.2 cm³/mol. The van der Waals surface area contributed by atoms with Gasteiger partial charge >= 0.3 is 0 Å². The fourth-order valence-electron chi connectivity index (χ4n) is 3.09. The maximum Gasteiger partial charge on any atom is 0.245 e. The van der Waals surface area contributed by atoms with E-state index in [1.165, 1.54) is 0 Å². The summed E-state index contributed by atoms with van der Waals surface area (Å²) in [4.78, 5) is 2.21. The zero-order chi connectivity index (χ0) is 14.9. The van der Waals surface area contributed by atoms with Crippen molar-refractivity contribution in [2.75, 3.05) is 30.8 Å². The van der Waals surface area contributed by atoms with Crippen LogP contribution >= 0.6 is 0 Å². The third-order valence-electron chi connectivity index (χ3n) is 4.10. The first-order valence-electron chi connectivity index (χ1n) is 7.13. The molecule has 0 radical (unpaired) electrons. The summed E-state index contributed by atoms with van der Waals surface area (Å²) in [6.07, 6.45) is 7.90. The lowest BCUT2D eigenvalue weighted by Gasteiger charge is -2.17. The van der Waals surface area contributed by atoms with Crippen LogP contribution in [0.2, 0.25) is 0 Å². The first-order valence-corrected chi connectivity index (χ1v) is 9.03. The van der Waals surface area contributed by atoms with Gasteiger partial charge < -0.3 is 4.90 Å². The summed E-state index contributed by atoms with van der Waals surface area (Å²) in [6, 6.07) is 0. The first kappa shape index (κ1) is 14.5. The predicted octanol–water partition coefficient (Wildman–Crippen LogP) is -0.375. The highest BCUT2D eigenvalue weighted by atomic mass is 32.2. The third-order valence-corrected chi connectivity index (χ3v) is 4.83. The van der Waals surface area contributed by atoms with Gasteiger partial charge in [0.15, 0.2) is 0 Å². The second-order valence-electron chi connectivity index (χ2n) is 5.74. The molecule has 1 saturated heterocycles. The first-order chi connectivity index (χ1) is 10.0. The Kier molecular flexibility index (Phi) is 3.94. The molecule has 8 nitrogen and oxygen atoms in total. The highest BCUT2D eigenvalue weighted by Gasteiger charge is 2.34. The standard InChI is InChI=1S/C12H20N6O2S/c1-21(19,20)13-6-7-18-12(14-15-16-18)17-8-10-4-2-3-5-11(10)9-17/h2-3,10-11,13H,4-9H2,1H3/t10-,11+. The van der Waals surface area contributed by atoms with Crippen LogP contribution in [0.5, 0.6) is 0 Å². The summed E-state index contributed by atoms with van der Waals surface area (Å²) in [5.74, 6) is 2.09. The van der Waals surface area contributed by atoms with Gasteiger partial charge in [0, 0.05) is 19.6 Å². The normalized spacial score (nSPS) is 25.3. The van der Waals surface area contributed by atoms with E-state index in [1.54, 1.807) is 4.68 Å². The molecule has 2 aliphatic rings. The molecular weight excluding hydrogens is 292 g/mol. The van der Waals surface area contributed by atoms with Gasteiger partial charge in [-0.25, -0.2) is 17.8 Å². The van der Waals surface area contributed by atoms with Crippen molar-refractivity contribution in [2.24, 2.45) is 11.8 Å². The van der Waals surface area contributed by atoms with Gasteiger partial charge in [-0.1, -0.05) is 17.3 Å². The minimum absolute atomic E-state index is 0.291. The minimum Gasteiger partial charge on any atom is -0.339 e. The van der Waals surface area contributed by atoms with E-state index in [0.29, 0.717) is 24.9 Å². The van der Waals surface area contributed by atoms with Gasteiger partial charge in [0.2, 0.25) is 16.0 Å². The molecule has 1 fully saturated rings. The number of tetrazole rings is 1. The lowest BCUT2D eigenvalue weighted by Crippen LogP contribution is -2.29. The average molecular weight is 312 g/mol. The summed E-state index contributed by atoms with van der Waals surface area (Å²) in [5, 5.41) is 11.8. The number of hydrogen-bond donors (Lipinski definition) is 1. The van der Waals surface area contributed by atoms with E-state index in [2.05, 4.69) is 37.3 Å². The summed E-state index contributed by atoms with van der Waals surface area (Å²) in [6.45, 7) is 2.66. The van der Waals surface area contributed by atoms with E-state index in [1.807, 2.05) is 0 Å². The Morgan fingerprint density at radius 3 is 2.57 bits per heavy atom. The maximum absolute atomic E-state index is 11.1. The molecule has 1 aromatic rings. The van der Waals surface area contributed by atoms with E-state index >= 15 is 0 Å². The molecule has 0 spiro atoms. The van der Waals surface area contributed by atoms with Crippen molar-refractivity contribution in [1.82, 2.24) is 24.9 Å². The maximum atomic E-state index is 11.1. The number of rotatable bonds is 5. The van der Waals surface area contributed by atoms with Crippen molar-refractivity contribution in [3.05, 3.63) is 12.2 Å². The molecule has 2 heterocycles. The van der Waals surface area contributed by atoms with Crippen molar-refractivity contribution >= 4 is 16.0 Å². The van der Waals surface area contributed by atoms with Gasteiger partial charge in [-0.2, -0.15) is 0 Å². The van der Waals surface area contributed by atoms with Crippen LogP contribution in [0.25, 0.3) is 0 Å². The number of sulfonamides is 1. The number of aromatic nitrogens is 4. The van der Waals surface area contributed by atoms with E-state index in [9.17, 15) is 8.42 Å². The molecule has 1 aromatic heterocycles. The molecule has 0 saturated carbocycles. The number of nitrogens with zero attached hydrogens (tertiary/aromatic N) is 5. The highest BCUT2D eigenvalue weighted by molar-refractivity contribution is 7.88. The summed E-state index contributed by atoms with van der Waals surface area (Å²) < 4.78 is 26.3. The van der Waals surface area contributed by atoms with Gasteiger partial charge in [-0.3, -0.25) is 0 Å². The molecule has 1 aliphatic carbocycles. The molecule has 21 heavy (non-hydrogen) atoms. The van der Waals surface area contributed by atoms with Crippen LogP contribution in [0.1, 0.15) is 12.8 Å². The lowest BCUT2D eigenvalue weighted by molar-refractivity contribution is 0.411. The van der Waals surface area contributed by atoms with Crippen molar-refractivity contribution in [2.45, 2.75) is 19.4 Å². The van der Waals surface area contributed by atoms with Crippen LogP contribution in [0, 0.1) is 11.8 Å². The molecule has 9 heteroatoms. The lowest BCUT2D eigenvalue weighted by atomic mass is 9.86. The molecule has 1 N–H and O–H groups in total. The monoisotopic (exact) mass is 312 g/mol. The van der Waals surface area contributed by atoms with Gasteiger partial charge in [-0.15, -0.1) is 0 Å². The number of nitrogens with one attached hydrogen (secondary N) is 1.